The molecule has 1 heterocycles. The highest BCUT2D eigenvalue weighted by Gasteiger charge is 2.23. The van der Waals surface area contributed by atoms with Crippen LogP contribution < -0.4 is 0 Å². The Morgan fingerprint density at radius 2 is 1.81 bits per heavy atom. The Morgan fingerprint density at radius 1 is 1.19 bits per heavy atom. The summed E-state index contributed by atoms with van der Waals surface area (Å²) in [5, 5.41) is 8.88. The van der Waals surface area contributed by atoms with E-state index in [1.165, 1.54) is 32.2 Å². The van der Waals surface area contributed by atoms with Gasteiger partial charge in [-0.25, -0.2) is 0 Å². The smallest absolute Gasteiger partial charge is 0.0950 e. The van der Waals surface area contributed by atoms with Gasteiger partial charge in [0.05, 0.1) is 12.1 Å². The summed E-state index contributed by atoms with van der Waals surface area (Å²) in [6.07, 6.45) is 5.76. The Kier molecular flexibility index (Phi) is 4.20. The first-order valence-corrected chi connectivity index (χ1v) is 6.65. The predicted molar refractivity (Wildman–Crippen MR) is 65.0 cm³/mol. The fraction of sp³-hybridized carbons (Fsp3) is 0.923. The van der Waals surface area contributed by atoms with Gasteiger partial charge in [0.15, 0.2) is 0 Å². The summed E-state index contributed by atoms with van der Waals surface area (Å²) in [5.41, 5.74) is 0. The molecule has 90 valence electrons. The van der Waals surface area contributed by atoms with Gasteiger partial charge in [0.25, 0.3) is 0 Å². The van der Waals surface area contributed by atoms with Crippen LogP contribution in [-0.2, 0) is 0 Å². The molecule has 0 radical (unpaired) electrons. The molecular weight excluding hydrogens is 198 g/mol. The first-order chi connectivity index (χ1) is 7.79. The molecule has 0 amide bonds. The summed E-state index contributed by atoms with van der Waals surface area (Å²) in [5.74, 6) is 0.958. The van der Waals surface area contributed by atoms with Crippen LogP contribution in [0.3, 0.4) is 0 Å². The standard InChI is InChI=1S/C13H23N3/c1-12(10-14)16-8-6-15(7-9-16)11-13-4-2-3-5-13/h12-13H,2-9,11H2,1H3. The molecule has 0 aromatic carbocycles. The van der Waals surface area contributed by atoms with Crippen LogP contribution in [-0.4, -0.2) is 48.6 Å². The van der Waals surface area contributed by atoms with Crippen molar-refractivity contribution >= 4 is 0 Å². The van der Waals surface area contributed by atoms with E-state index in [1.807, 2.05) is 6.92 Å². The maximum atomic E-state index is 8.88. The number of nitrogens with zero attached hydrogens (tertiary/aromatic N) is 3. The third kappa shape index (κ3) is 2.96. The fourth-order valence-electron chi connectivity index (χ4n) is 2.97. The molecule has 1 aliphatic heterocycles. The lowest BCUT2D eigenvalue weighted by molar-refractivity contribution is 0.107. The average molecular weight is 221 g/mol. The quantitative estimate of drug-likeness (QED) is 0.727. The minimum absolute atomic E-state index is 0.0913. The van der Waals surface area contributed by atoms with E-state index >= 15 is 0 Å². The zero-order valence-corrected chi connectivity index (χ0v) is 10.4. The van der Waals surface area contributed by atoms with Gasteiger partial charge in [0, 0.05) is 32.7 Å². The SMILES string of the molecule is CC(C#N)N1CCN(CC2CCCC2)CC1. The van der Waals surface area contributed by atoms with Crippen LogP contribution >= 0.6 is 0 Å². The molecule has 1 saturated heterocycles. The summed E-state index contributed by atoms with van der Waals surface area (Å²) >= 11 is 0. The van der Waals surface area contributed by atoms with E-state index in [1.54, 1.807) is 0 Å². The number of piperazine rings is 1. The minimum Gasteiger partial charge on any atom is -0.301 e. The summed E-state index contributed by atoms with van der Waals surface area (Å²) < 4.78 is 0. The van der Waals surface area contributed by atoms with E-state index < -0.39 is 0 Å². The highest BCUT2D eigenvalue weighted by atomic mass is 15.3. The van der Waals surface area contributed by atoms with Crippen molar-refractivity contribution in [3.63, 3.8) is 0 Å². The predicted octanol–water partition coefficient (Wildman–Crippen LogP) is 1.71. The molecule has 2 aliphatic rings. The van der Waals surface area contributed by atoms with Crippen LogP contribution in [0.5, 0.6) is 0 Å². The van der Waals surface area contributed by atoms with E-state index in [4.69, 9.17) is 5.26 Å². The van der Waals surface area contributed by atoms with Crippen molar-refractivity contribution in [2.45, 2.75) is 38.6 Å². The Bertz CT molecular complexity index is 244. The van der Waals surface area contributed by atoms with E-state index in [-0.39, 0.29) is 6.04 Å². The molecule has 2 rings (SSSR count). The van der Waals surface area contributed by atoms with Gasteiger partial charge in [-0.3, -0.25) is 4.90 Å². The Hall–Kier alpha value is -0.590. The first-order valence-electron chi connectivity index (χ1n) is 6.65. The lowest BCUT2D eigenvalue weighted by atomic mass is 10.1. The molecule has 1 saturated carbocycles. The number of nitriles is 1. The van der Waals surface area contributed by atoms with Crippen LogP contribution in [0.1, 0.15) is 32.6 Å². The third-order valence-electron chi connectivity index (χ3n) is 4.13. The van der Waals surface area contributed by atoms with Gasteiger partial charge in [0.1, 0.15) is 0 Å². The van der Waals surface area contributed by atoms with Gasteiger partial charge in [-0.2, -0.15) is 5.26 Å². The molecule has 3 nitrogen and oxygen atoms in total. The van der Waals surface area contributed by atoms with Gasteiger partial charge in [-0.05, 0) is 25.7 Å². The lowest BCUT2D eigenvalue weighted by Crippen LogP contribution is -2.50. The Morgan fingerprint density at radius 3 is 2.38 bits per heavy atom. The number of hydrogen-bond donors (Lipinski definition) is 0. The second-order valence-electron chi connectivity index (χ2n) is 5.29. The van der Waals surface area contributed by atoms with Crippen molar-refractivity contribution in [1.29, 1.82) is 5.26 Å². The molecule has 3 heteroatoms. The zero-order valence-electron chi connectivity index (χ0n) is 10.4. The van der Waals surface area contributed by atoms with Crippen LogP contribution in [0.2, 0.25) is 0 Å². The molecule has 1 unspecified atom stereocenters. The molecule has 0 N–H and O–H groups in total. The first kappa shape index (κ1) is 11.9. The molecule has 0 bridgehead atoms. The molecule has 0 spiro atoms. The summed E-state index contributed by atoms with van der Waals surface area (Å²) in [6, 6.07) is 2.42. The monoisotopic (exact) mass is 221 g/mol. The van der Waals surface area contributed by atoms with Gasteiger partial charge < -0.3 is 4.90 Å². The minimum atomic E-state index is 0.0913. The van der Waals surface area contributed by atoms with Crippen molar-refractivity contribution in [3.8, 4) is 6.07 Å². The highest BCUT2D eigenvalue weighted by molar-refractivity contribution is 4.90. The van der Waals surface area contributed by atoms with Crippen molar-refractivity contribution in [3.05, 3.63) is 0 Å². The summed E-state index contributed by atoms with van der Waals surface area (Å²) in [4.78, 5) is 4.89. The Labute approximate surface area is 99.0 Å². The second-order valence-corrected chi connectivity index (χ2v) is 5.29. The lowest BCUT2D eigenvalue weighted by Gasteiger charge is -2.36. The third-order valence-corrected chi connectivity index (χ3v) is 4.13. The average Bonchev–Trinajstić information content (AvgIpc) is 2.82. The zero-order chi connectivity index (χ0) is 11.4. The van der Waals surface area contributed by atoms with E-state index in [9.17, 15) is 0 Å². The Balaban J connectivity index is 1.70. The number of hydrogen-bond acceptors (Lipinski definition) is 3. The molecular formula is C13H23N3. The molecule has 1 atom stereocenters. The van der Waals surface area contributed by atoms with Gasteiger partial charge in [-0.1, -0.05) is 12.8 Å². The van der Waals surface area contributed by atoms with E-state index in [0.717, 1.165) is 32.1 Å². The molecule has 16 heavy (non-hydrogen) atoms. The van der Waals surface area contributed by atoms with Crippen molar-refractivity contribution in [2.24, 2.45) is 5.92 Å². The van der Waals surface area contributed by atoms with Crippen LogP contribution in [0, 0.1) is 17.2 Å². The maximum absolute atomic E-state index is 8.88. The number of rotatable bonds is 3. The molecule has 1 aliphatic carbocycles. The normalized spacial score (nSPS) is 26.8. The topological polar surface area (TPSA) is 30.3 Å². The molecule has 0 aromatic rings. The van der Waals surface area contributed by atoms with Gasteiger partial charge >= 0.3 is 0 Å². The van der Waals surface area contributed by atoms with E-state index in [0.29, 0.717) is 0 Å². The van der Waals surface area contributed by atoms with Crippen LogP contribution in [0.15, 0.2) is 0 Å². The van der Waals surface area contributed by atoms with Crippen LogP contribution in [0.4, 0.5) is 0 Å². The van der Waals surface area contributed by atoms with E-state index in [2.05, 4.69) is 15.9 Å². The van der Waals surface area contributed by atoms with Crippen molar-refractivity contribution in [1.82, 2.24) is 9.80 Å². The molecule has 0 aromatic heterocycles. The van der Waals surface area contributed by atoms with Gasteiger partial charge in [-0.15, -0.1) is 0 Å². The summed E-state index contributed by atoms with van der Waals surface area (Å²) in [7, 11) is 0. The maximum Gasteiger partial charge on any atom is 0.0950 e. The highest BCUT2D eigenvalue weighted by Crippen LogP contribution is 2.25. The second kappa shape index (κ2) is 5.65. The van der Waals surface area contributed by atoms with Gasteiger partial charge in [0.2, 0.25) is 0 Å². The van der Waals surface area contributed by atoms with Crippen molar-refractivity contribution in [2.75, 3.05) is 32.7 Å². The van der Waals surface area contributed by atoms with Crippen LogP contribution in [0.25, 0.3) is 0 Å². The largest absolute Gasteiger partial charge is 0.301 e. The molecule has 2 fully saturated rings. The summed E-state index contributed by atoms with van der Waals surface area (Å²) in [6.45, 7) is 7.76. The van der Waals surface area contributed by atoms with Crippen molar-refractivity contribution < 1.29 is 0 Å². The fourth-order valence-corrected chi connectivity index (χ4v) is 2.97.